The molecule has 0 spiro atoms. The summed E-state index contributed by atoms with van der Waals surface area (Å²) in [5, 5.41) is 0. The van der Waals surface area contributed by atoms with Gasteiger partial charge in [-0.25, -0.2) is 0 Å². The molecular weight excluding hydrogens is 210 g/mol. The third kappa shape index (κ3) is 4.58. The summed E-state index contributed by atoms with van der Waals surface area (Å²) >= 11 is 0. The Morgan fingerprint density at radius 1 is 0.688 bits per heavy atom. The van der Waals surface area contributed by atoms with Crippen LogP contribution in [-0.2, 0) is 0 Å². The van der Waals surface area contributed by atoms with Crippen molar-refractivity contribution in [2.45, 2.75) is 78.4 Å². The van der Waals surface area contributed by atoms with Crippen molar-refractivity contribution >= 4 is 8.24 Å². The maximum Gasteiger partial charge on any atom is 0.128 e. The first-order valence-electron chi connectivity index (χ1n) is 7.45. The van der Waals surface area contributed by atoms with Crippen LogP contribution in [0.25, 0.3) is 0 Å². The second kappa shape index (κ2) is 9.23. The van der Waals surface area contributed by atoms with Gasteiger partial charge in [-0.05, 0) is 37.6 Å². The molecule has 0 aliphatic rings. The highest BCUT2D eigenvalue weighted by Crippen LogP contribution is 2.29. The van der Waals surface area contributed by atoms with Crippen LogP contribution in [0.2, 0.25) is 18.1 Å². The van der Waals surface area contributed by atoms with Gasteiger partial charge in [0, 0.05) is 0 Å². The molecule has 0 bridgehead atoms. The topological polar surface area (TPSA) is 3.24 Å². The van der Waals surface area contributed by atoms with Crippen molar-refractivity contribution in [3.8, 4) is 0 Å². The summed E-state index contributed by atoms with van der Waals surface area (Å²) < 4.78 is 2.89. The van der Waals surface area contributed by atoms with E-state index in [1.165, 1.54) is 56.9 Å². The Bertz CT molecular complexity index is 142. The van der Waals surface area contributed by atoms with Crippen LogP contribution in [0, 0.1) is 0 Å². The smallest absolute Gasteiger partial charge is 0.128 e. The lowest BCUT2D eigenvalue weighted by atomic mass is 10.5. The molecule has 0 saturated heterocycles. The van der Waals surface area contributed by atoms with Crippen molar-refractivity contribution in [2.75, 3.05) is 13.1 Å². The second-order valence-electron chi connectivity index (χ2n) is 5.05. The van der Waals surface area contributed by atoms with E-state index >= 15 is 0 Å². The van der Waals surface area contributed by atoms with E-state index < -0.39 is 8.24 Å². The van der Waals surface area contributed by atoms with Crippen LogP contribution in [-0.4, -0.2) is 25.9 Å². The second-order valence-corrected chi connectivity index (χ2v) is 9.64. The molecule has 0 unspecified atom stereocenters. The van der Waals surface area contributed by atoms with Crippen molar-refractivity contribution in [1.29, 1.82) is 0 Å². The number of hydrogen-bond donors (Lipinski definition) is 0. The molecule has 0 fully saturated rings. The average molecular weight is 244 g/mol. The lowest BCUT2D eigenvalue weighted by Crippen LogP contribution is -2.53. The average Bonchev–Trinajstić information content (AvgIpc) is 2.26. The minimum atomic E-state index is -1.11. The lowest BCUT2D eigenvalue weighted by molar-refractivity contribution is 0.426. The van der Waals surface area contributed by atoms with Gasteiger partial charge in [0.1, 0.15) is 8.24 Å². The van der Waals surface area contributed by atoms with Crippen LogP contribution in [0.1, 0.15) is 60.3 Å². The van der Waals surface area contributed by atoms with E-state index in [-0.39, 0.29) is 0 Å². The van der Waals surface area contributed by atoms with Gasteiger partial charge in [0.15, 0.2) is 0 Å². The third-order valence-corrected chi connectivity index (χ3v) is 9.87. The zero-order chi connectivity index (χ0) is 12.4. The van der Waals surface area contributed by atoms with Crippen LogP contribution >= 0.6 is 0 Å². The summed E-state index contributed by atoms with van der Waals surface area (Å²) in [5.41, 5.74) is 0. The summed E-state index contributed by atoms with van der Waals surface area (Å²) in [5.74, 6) is 0. The zero-order valence-corrected chi connectivity index (χ0v) is 13.3. The molecule has 0 aliphatic heterocycles. The van der Waals surface area contributed by atoms with Gasteiger partial charge in [-0.1, -0.05) is 53.9 Å². The molecule has 0 saturated carbocycles. The van der Waals surface area contributed by atoms with Crippen LogP contribution in [0.3, 0.4) is 0 Å². The highest BCUT2D eigenvalue weighted by Gasteiger charge is 2.35. The quantitative estimate of drug-likeness (QED) is 0.494. The van der Waals surface area contributed by atoms with Crippen molar-refractivity contribution in [3.05, 3.63) is 0 Å². The molecule has 1 nitrogen and oxygen atoms in total. The number of rotatable bonds is 10. The molecule has 16 heavy (non-hydrogen) atoms. The van der Waals surface area contributed by atoms with Gasteiger partial charge in [0.25, 0.3) is 0 Å². The van der Waals surface area contributed by atoms with Crippen molar-refractivity contribution < 1.29 is 0 Å². The van der Waals surface area contributed by atoms with E-state index in [4.69, 9.17) is 0 Å². The van der Waals surface area contributed by atoms with E-state index in [0.29, 0.717) is 0 Å². The molecule has 0 aromatic heterocycles. The van der Waals surface area contributed by atoms with Crippen LogP contribution in [0.5, 0.6) is 0 Å². The molecule has 0 radical (unpaired) electrons. The molecule has 0 amide bonds. The molecule has 0 aromatic rings. The molecule has 2 heteroatoms. The monoisotopic (exact) mass is 243 g/mol. The Morgan fingerprint density at radius 3 is 1.38 bits per heavy atom. The molecule has 0 atom stereocenters. The van der Waals surface area contributed by atoms with Gasteiger partial charge >= 0.3 is 0 Å². The molecule has 0 heterocycles. The number of nitrogens with zero attached hydrogens (tertiary/aromatic N) is 1. The first kappa shape index (κ1) is 16.2. The highest BCUT2D eigenvalue weighted by molar-refractivity contribution is 6.77. The molecule has 0 aromatic carbocycles. The SMILES string of the molecule is CCCN(CC)[Si](CCC)(CCC)CCC. The first-order valence-corrected chi connectivity index (χ1v) is 10.0. The summed E-state index contributed by atoms with van der Waals surface area (Å²) in [6.45, 7) is 14.4. The summed E-state index contributed by atoms with van der Waals surface area (Å²) in [6.07, 6.45) is 5.46. The normalized spacial score (nSPS) is 12.4. The van der Waals surface area contributed by atoms with Gasteiger partial charge < -0.3 is 4.57 Å². The first-order chi connectivity index (χ1) is 7.70. The van der Waals surface area contributed by atoms with Crippen molar-refractivity contribution in [2.24, 2.45) is 0 Å². The van der Waals surface area contributed by atoms with Gasteiger partial charge in [-0.2, -0.15) is 0 Å². The molecule has 0 aliphatic carbocycles. The predicted octanol–water partition coefficient (Wildman–Crippen LogP) is 4.89. The van der Waals surface area contributed by atoms with Crippen LogP contribution in [0.4, 0.5) is 0 Å². The predicted molar refractivity (Wildman–Crippen MR) is 78.6 cm³/mol. The maximum atomic E-state index is 2.89. The number of hydrogen-bond acceptors (Lipinski definition) is 1. The fraction of sp³-hybridized carbons (Fsp3) is 1.00. The van der Waals surface area contributed by atoms with Crippen LogP contribution < -0.4 is 0 Å². The summed E-state index contributed by atoms with van der Waals surface area (Å²) in [4.78, 5) is 0. The molecular formula is C14H33NSi. The third-order valence-electron chi connectivity index (χ3n) is 3.69. The molecule has 98 valence electrons. The fourth-order valence-electron chi connectivity index (χ4n) is 3.25. The Balaban J connectivity index is 4.78. The summed E-state index contributed by atoms with van der Waals surface area (Å²) in [6, 6.07) is 4.55. The maximum absolute atomic E-state index is 2.89. The highest BCUT2D eigenvalue weighted by atomic mass is 28.3. The minimum Gasteiger partial charge on any atom is -0.324 e. The molecule has 0 N–H and O–H groups in total. The Labute approximate surface area is 105 Å². The van der Waals surface area contributed by atoms with Crippen LogP contribution in [0.15, 0.2) is 0 Å². The standard InChI is InChI=1S/C14H33NSi/c1-6-11-15(10-5)16(12-7-2,13-8-3)14-9-4/h6-14H2,1-5H3. The Kier molecular flexibility index (Phi) is 9.33. The van der Waals surface area contributed by atoms with Crippen molar-refractivity contribution in [1.82, 2.24) is 4.57 Å². The Morgan fingerprint density at radius 2 is 1.12 bits per heavy atom. The zero-order valence-electron chi connectivity index (χ0n) is 12.3. The van der Waals surface area contributed by atoms with E-state index in [0.717, 1.165) is 0 Å². The van der Waals surface area contributed by atoms with Gasteiger partial charge in [0.2, 0.25) is 0 Å². The van der Waals surface area contributed by atoms with E-state index in [2.05, 4.69) is 39.2 Å². The van der Waals surface area contributed by atoms with Gasteiger partial charge in [-0.15, -0.1) is 0 Å². The minimum absolute atomic E-state index is 1.11. The summed E-state index contributed by atoms with van der Waals surface area (Å²) in [7, 11) is -1.11. The van der Waals surface area contributed by atoms with Gasteiger partial charge in [-0.3, -0.25) is 0 Å². The van der Waals surface area contributed by atoms with Crippen molar-refractivity contribution in [3.63, 3.8) is 0 Å². The lowest BCUT2D eigenvalue weighted by Gasteiger charge is -2.42. The Hall–Kier alpha value is 0.177. The fourth-order valence-corrected chi connectivity index (χ4v) is 9.11. The van der Waals surface area contributed by atoms with E-state index in [1.807, 2.05) is 0 Å². The molecule has 0 rings (SSSR count). The largest absolute Gasteiger partial charge is 0.324 e. The van der Waals surface area contributed by atoms with E-state index in [9.17, 15) is 0 Å². The van der Waals surface area contributed by atoms with E-state index in [1.54, 1.807) is 0 Å². The van der Waals surface area contributed by atoms with Gasteiger partial charge in [0.05, 0.1) is 0 Å².